The van der Waals surface area contributed by atoms with Gasteiger partial charge in [-0.05, 0) is 48.4 Å². The van der Waals surface area contributed by atoms with Crippen LogP contribution in [-0.4, -0.2) is 34.6 Å². The summed E-state index contributed by atoms with van der Waals surface area (Å²) >= 11 is 7.62. The molecule has 0 N–H and O–H groups in total. The minimum atomic E-state index is -0.434. The Morgan fingerprint density at radius 2 is 2.08 bits per heavy atom. The lowest BCUT2D eigenvalue weighted by Gasteiger charge is -2.24. The summed E-state index contributed by atoms with van der Waals surface area (Å²) in [5, 5.41) is 11.3. The topological polar surface area (TPSA) is 72.7 Å². The molecule has 6 nitrogen and oxygen atoms in total. The van der Waals surface area contributed by atoms with E-state index in [9.17, 15) is 14.9 Å². The van der Waals surface area contributed by atoms with Crippen LogP contribution in [-0.2, 0) is 4.79 Å². The Morgan fingerprint density at radius 3 is 2.73 bits per heavy atom. The number of hydrogen-bond donors (Lipinski definition) is 0. The van der Waals surface area contributed by atoms with Crippen LogP contribution in [0, 0.1) is 17.0 Å². The summed E-state index contributed by atoms with van der Waals surface area (Å²) in [5.74, 6) is 1.29. The van der Waals surface area contributed by atoms with Crippen LogP contribution in [0.5, 0.6) is 5.75 Å². The lowest BCUT2D eigenvalue weighted by Crippen LogP contribution is -2.34. The zero-order valence-electron chi connectivity index (χ0n) is 14.1. The molecule has 0 aromatic heterocycles. The Bertz CT molecular complexity index is 828. The van der Waals surface area contributed by atoms with Crippen LogP contribution in [0.15, 0.2) is 42.5 Å². The third-order valence-corrected chi connectivity index (χ3v) is 5.78. The highest BCUT2D eigenvalue weighted by Crippen LogP contribution is 2.38. The molecule has 8 heteroatoms. The maximum absolute atomic E-state index is 12.6. The monoisotopic (exact) mass is 392 g/mol. The number of carbonyl (C=O) groups excluding carboxylic acids is 1. The number of halogens is 1. The highest BCUT2D eigenvalue weighted by atomic mass is 35.5. The van der Waals surface area contributed by atoms with E-state index < -0.39 is 4.92 Å². The van der Waals surface area contributed by atoms with Crippen molar-refractivity contribution in [3.63, 3.8) is 0 Å². The van der Waals surface area contributed by atoms with Crippen LogP contribution in [0.2, 0.25) is 5.02 Å². The van der Waals surface area contributed by atoms with Gasteiger partial charge in [-0.2, -0.15) is 0 Å². The first-order chi connectivity index (χ1) is 12.5. The maximum Gasteiger partial charge on any atom is 0.269 e. The first-order valence-electron chi connectivity index (χ1n) is 8.00. The first-order valence-corrected chi connectivity index (χ1v) is 9.43. The van der Waals surface area contributed by atoms with E-state index in [2.05, 4.69) is 0 Å². The summed E-state index contributed by atoms with van der Waals surface area (Å²) < 4.78 is 5.60. The highest BCUT2D eigenvalue weighted by Gasteiger charge is 2.31. The smallest absolute Gasteiger partial charge is 0.269 e. The number of carbonyl (C=O) groups is 1. The summed E-state index contributed by atoms with van der Waals surface area (Å²) in [4.78, 5) is 24.7. The minimum absolute atomic E-state index is 0.0380. The Hall–Kier alpha value is -2.25. The van der Waals surface area contributed by atoms with Crippen LogP contribution < -0.4 is 4.74 Å². The second-order valence-corrected chi connectivity index (χ2v) is 7.45. The molecule has 1 heterocycles. The molecular formula is C18H17ClN2O4S. The molecule has 0 bridgehead atoms. The molecule has 2 aromatic rings. The van der Waals surface area contributed by atoms with Gasteiger partial charge in [0.1, 0.15) is 11.1 Å². The van der Waals surface area contributed by atoms with Crippen molar-refractivity contribution >= 4 is 35.0 Å². The van der Waals surface area contributed by atoms with Crippen LogP contribution in [0.4, 0.5) is 5.69 Å². The number of thioether (sulfide) groups is 1. The highest BCUT2D eigenvalue weighted by molar-refractivity contribution is 7.99. The van der Waals surface area contributed by atoms with E-state index in [1.807, 2.05) is 6.92 Å². The molecule has 1 amide bonds. The summed E-state index contributed by atoms with van der Waals surface area (Å²) in [6.45, 7) is 2.43. The Kier molecular flexibility index (Phi) is 5.68. The molecule has 136 valence electrons. The largest absolute Gasteiger partial charge is 0.484 e. The molecule has 1 atom stereocenters. The van der Waals surface area contributed by atoms with E-state index in [0.717, 1.165) is 16.9 Å². The van der Waals surface area contributed by atoms with Gasteiger partial charge in [0, 0.05) is 29.5 Å². The predicted molar refractivity (Wildman–Crippen MR) is 102 cm³/mol. The number of ether oxygens (including phenoxy) is 1. The predicted octanol–water partition coefficient (Wildman–Crippen LogP) is 4.21. The lowest BCUT2D eigenvalue weighted by molar-refractivity contribution is -0.384. The average Bonchev–Trinajstić information content (AvgIpc) is 3.12. The SMILES string of the molecule is Cc1cc(OCC(=O)N2CCS[C@H]2c2ccc([N+](=O)[O-])cc2)ccc1Cl. The van der Waals surface area contributed by atoms with E-state index >= 15 is 0 Å². The van der Waals surface area contributed by atoms with Crippen molar-refractivity contribution in [2.75, 3.05) is 18.9 Å². The molecule has 0 unspecified atom stereocenters. The molecule has 1 saturated heterocycles. The van der Waals surface area contributed by atoms with Gasteiger partial charge in [0.15, 0.2) is 6.61 Å². The van der Waals surface area contributed by atoms with Crippen LogP contribution in [0.25, 0.3) is 0 Å². The maximum atomic E-state index is 12.6. The van der Waals surface area contributed by atoms with Crippen LogP contribution in [0.1, 0.15) is 16.5 Å². The molecule has 0 saturated carbocycles. The normalized spacial score (nSPS) is 16.5. The number of nitro groups is 1. The van der Waals surface area contributed by atoms with E-state index in [-0.39, 0.29) is 23.6 Å². The van der Waals surface area contributed by atoms with E-state index in [0.29, 0.717) is 17.3 Å². The van der Waals surface area contributed by atoms with Gasteiger partial charge in [-0.25, -0.2) is 0 Å². The average molecular weight is 393 g/mol. The zero-order chi connectivity index (χ0) is 18.7. The number of amides is 1. The molecule has 0 spiro atoms. The van der Waals surface area contributed by atoms with Crippen LogP contribution in [0.3, 0.4) is 0 Å². The summed E-state index contributed by atoms with van der Waals surface area (Å²) in [6, 6.07) is 11.6. The van der Waals surface area contributed by atoms with Crippen LogP contribution >= 0.6 is 23.4 Å². The second kappa shape index (κ2) is 7.97. The molecule has 2 aromatic carbocycles. The fraction of sp³-hybridized carbons (Fsp3) is 0.278. The minimum Gasteiger partial charge on any atom is -0.484 e. The Balaban J connectivity index is 1.66. The molecule has 0 radical (unpaired) electrons. The fourth-order valence-corrected chi connectivity index (χ4v) is 4.09. The van der Waals surface area contributed by atoms with Crippen molar-refractivity contribution in [2.24, 2.45) is 0 Å². The number of nitro benzene ring substituents is 1. The van der Waals surface area contributed by atoms with E-state index in [4.69, 9.17) is 16.3 Å². The Morgan fingerprint density at radius 1 is 1.35 bits per heavy atom. The van der Waals surface area contributed by atoms with Crippen molar-refractivity contribution in [2.45, 2.75) is 12.3 Å². The molecule has 1 fully saturated rings. The van der Waals surface area contributed by atoms with Crippen molar-refractivity contribution < 1.29 is 14.5 Å². The van der Waals surface area contributed by atoms with Gasteiger partial charge in [-0.15, -0.1) is 11.8 Å². The standard InChI is InChI=1S/C18H17ClN2O4S/c1-12-10-15(6-7-16(12)19)25-11-17(22)20-8-9-26-18(20)13-2-4-14(5-3-13)21(23)24/h2-7,10,18H,8-9,11H2,1H3/t18-/m0/s1. The van der Waals surface area contributed by atoms with Crippen molar-refractivity contribution in [3.8, 4) is 5.75 Å². The van der Waals surface area contributed by atoms with E-state index in [1.54, 1.807) is 47.0 Å². The number of benzene rings is 2. The Labute approximate surface area is 160 Å². The zero-order valence-corrected chi connectivity index (χ0v) is 15.6. The van der Waals surface area contributed by atoms with Crippen molar-refractivity contribution in [1.82, 2.24) is 4.90 Å². The number of hydrogen-bond acceptors (Lipinski definition) is 5. The van der Waals surface area contributed by atoms with Gasteiger partial charge >= 0.3 is 0 Å². The number of non-ortho nitro benzene ring substituents is 1. The lowest BCUT2D eigenvalue weighted by atomic mass is 10.2. The second-order valence-electron chi connectivity index (χ2n) is 5.86. The number of rotatable bonds is 5. The molecule has 3 rings (SSSR count). The quantitative estimate of drug-likeness (QED) is 0.563. The molecule has 1 aliphatic rings. The van der Waals surface area contributed by atoms with Gasteiger partial charge in [0.05, 0.1) is 4.92 Å². The number of nitrogens with zero attached hydrogens (tertiary/aromatic N) is 2. The fourth-order valence-electron chi connectivity index (χ4n) is 2.70. The molecular weight excluding hydrogens is 376 g/mol. The van der Waals surface area contributed by atoms with Crippen molar-refractivity contribution in [3.05, 3.63) is 68.7 Å². The van der Waals surface area contributed by atoms with Gasteiger partial charge in [-0.1, -0.05) is 11.6 Å². The van der Waals surface area contributed by atoms with Gasteiger partial charge < -0.3 is 9.64 Å². The number of aryl methyl sites for hydroxylation is 1. The summed E-state index contributed by atoms with van der Waals surface area (Å²) in [7, 11) is 0. The molecule has 0 aliphatic carbocycles. The van der Waals surface area contributed by atoms with Gasteiger partial charge in [0.25, 0.3) is 11.6 Å². The summed E-state index contributed by atoms with van der Waals surface area (Å²) in [5.41, 5.74) is 1.79. The van der Waals surface area contributed by atoms with Crippen molar-refractivity contribution in [1.29, 1.82) is 0 Å². The first kappa shape index (κ1) is 18.5. The third kappa shape index (κ3) is 4.11. The summed E-state index contributed by atoms with van der Waals surface area (Å²) in [6.07, 6.45) is 0. The van der Waals surface area contributed by atoms with E-state index in [1.165, 1.54) is 12.1 Å². The molecule has 26 heavy (non-hydrogen) atoms. The third-order valence-electron chi connectivity index (χ3n) is 4.09. The van der Waals surface area contributed by atoms with Gasteiger partial charge in [-0.3, -0.25) is 14.9 Å². The molecule has 1 aliphatic heterocycles. The van der Waals surface area contributed by atoms with Gasteiger partial charge in [0.2, 0.25) is 0 Å².